The Labute approximate surface area is 156 Å². The smallest absolute Gasteiger partial charge is 0.355 e. The zero-order valence-electron chi connectivity index (χ0n) is 14.9. The van der Waals surface area contributed by atoms with Crippen molar-refractivity contribution in [3.05, 3.63) is 64.4 Å². The van der Waals surface area contributed by atoms with Crippen molar-refractivity contribution in [2.75, 3.05) is 0 Å². The number of H-pyrrole nitrogens is 1. The summed E-state index contributed by atoms with van der Waals surface area (Å²) in [6.07, 6.45) is 1.50. The molecule has 26 heavy (non-hydrogen) atoms. The summed E-state index contributed by atoms with van der Waals surface area (Å²) in [4.78, 5) is 30.6. The van der Waals surface area contributed by atoms with Gasteiger partial charge in [0.15, 0.2) is 5.78 Å². The fraction of sp³-hybridized carbons (Fsp3) is 0.250. The Morgan fingerprint density at radius 1 is 1.23 bits per heavy atom. The van der Waals surface area contributed by atoms with Gasteiger partial charge in [-0.3, -0.25) is 4.79 Å². The summed E-state index contributed by atoms with van der Waals surface area (Å²) in [5.41, 5.74) is 3.75. The van der Waals surface area contributed by atoms with Gasteiger partial charge in [0.05, 0.1) is 5.69 Å². The normalized spacial score (nSPS) is 10.9. The van der Waals surface area contributed by atoms with Crippen LogP contribution in [0.4, 0.5) is 0 Å². The number of ketones is 1. The van der Waals surface area contributed by atoms with Gasteiger partial charge < -0.3 is 9.72 Å². The Hall–Kier alpha value is -2.73. The van der Waals surface area contributed by atoms with E-state index in [0.29, 0.717) is 17.2 Å². The third-order valence-corrected chi connectivity index (χ3v) is 4.98. The van der Waals surface area contributed by atoms with Crippen LogP contribution in [0.15, 0.2) is 41.9 Å². The number of carbonyl (C=O) groups is 2. The van der Waals surface area contributed by atoms with Crippen molar-refractivity contribution in [2.45, 2.75) is 33.3 Å². The van der Waals surface area contributed by atoms with E-state index in [9.17, 15) is 9.59 Å². The molecule has 0 spiro atoms. The molecule has 0 saturated carbocycles. The summed E-state index contributed by atoms with van der Waals surface area (Å²) >= 11 is 1.52. The van der Waals surface area contributed by atoms with Crippen LogP contribution in [0.5, 0.6) is 0 Å². The zero-order valence-corrected chi connectivity index (χ0v) is 15.7. The average Bonchev–Trinajstić information content (AvgIpc) is 3.29. The van der Waals surface area contributed by atoms with E-state index >= 15 is 0 Å². The molecule has 3 aromatic rings. The molecule has 0 amide bonds. The van der Waals surface area contributed by atoms with Crippen molar-refractivity contribution >= 4 is 23.1 Å². The Kier molecular flexibility index (Phi) is 5.32. The highest BCUT2D eigenvalue weighted by Gasteiger charge is 2.13. The summed E-state index contributed by atoms with van der Waals surface area (Å²) in [5, 5.41) is 2.78. The van der Waals surface area contributed by atoms with E-state index in [1.807, 2.05) is 5.38 Å². The van der Waals surface area contributed by atoms with Crippen molar-refractivity contribution < 1.29 is 14.3 Å². The second kappa shape index (κ2) is 7.66. The van der Waals surface area contributed by atoms with Crippen LogP contribution in [0, 0.1) is 0 Å². The number of nitrogens with one attached hydrogen (secondary N) is 1. The number of aromatic nitrogens is 2. The van der Waals surface area contributed by atoms with Crippen molar-refractivity contribution in [1.82, 2.24) is 9.97 Å². The lowest BCUT2D eigenvalue weighted by atomic mass is 10.0. The van der Waals surface area contributed by atoms with Crippen LogP contribution in [0.2, 0.25) is 0 Å². The van der Waals surface area contributed by atoms with Gasteiger partial charge in [-0.2, -0.15) is 0 Å². The number of carbonyl (C=O) groups excluding carboxylic acids is 2. The minimum atomic E-state index is -0.506. The Balaban J connectivity index is 1.62. The van der Waals surface area contributed by atoms with E-state index < -0.39 is 5.97 Å². The standard InChI is InChI=1S/C20H20N2O3S/c1-12(2)14-4-6-15(7-5-14)19-22-17(11-26-19)10-25-20(24)18-8-16(9-21-18)13(3)23/h4-9,11-12,21H,10H2,1-3H3. The largest absolute Gasteiger partial charge is 0.454 e. The summed E-state index contributed by atoms with van der Waals surface area (Å²) in [7, 11) is 0. The highest BCUT2D eigenvalue weighted by atomic mass is 32.1. The zero-order chi connectivity index (χ0) is 18.7. The van der Waals surface area contributed by atoms with E-state index in [2.05, 4.69) is 48.1 Å². The van der Waals surface area contributed by atoms with E-state index in [0.717, 1.165) is 10.6 Å². The number of benzene rings is 1. The first kappa shape index (κ1) is 18.1. The Morgan fingerprint density at radius 3 is 2.58 bits per heavy atom. The topological polar surface area (TPSA) is 72.0 Å². The molecule has 1 N–H and O–H groups in total. The molecule has 134 valence electrons. The molecule has 0 radical (unpaired) electrons. The summed E-state index contributed by atoms with van der Waals surface area (Å²) in [6.45, 7) is 5.86. The fourth-order valence-corrected chi connectivity index (χ4v) is 3.26. The van der Waals surface area contributed by atoms with Crippen LogP contribution in [0.1, 0.15) is 58.8 Å². The van der Waals surface area contributed by atoms with Gasteiger partial charge in [0.25, 0.3) is 0 Å². The lowest BCUT2D eigenvalue weighted by Gasteiger charge is -2.05. The van der Waals surface area contributed by atoms with Gasteiger partial charge in [-0.1, -0.05) is 38.1 Å². The molecule has 0 unspecified atom stereocenters. The summed E-state index contributed by atoms with van der Waals surface area (Å²) in [5.74, 6) is -0.118. The third-order valence-electron chi connectivity index (χ3n) is 4.04. The Bertz CT molecular complexity index is 923. The van der Waals surface area contributed by atoms with Crippen LogP contribution in [-0.2, 0) is 11.3 Å². The number of aromatic amines is 1. The molecule has 2 heterocycles. The number of hydrogen-bond donors (Lipinski definition) is 1. The summed E-state index contributed by atoms with van der Waals surface area (Å²) in [6, 6.07) is 9.84. The van der Waals surface area contributed by atoms with Crippen molar-refractivity contribution in [3.8, 4) is 10.6 Å². The highest BCUT2D eigenvalue weighted by Crippen LogP contribution is 2.26. The lowest BCUT2D eigenvalue weighted by Crippen LogP contribution is -2.05. The van der Waals surface area contributed by atoms with Crippen LogP contribution in [0.3, 0.4) is 0 Å². The number of nitrogens with zero attached hydrogens (tertiary/aromatic N) is 1. The molecule has 0 bridgehead atoms. The number of ether oxygens (including phenoxy) is 1. The molecule has 5 nitrogen and oxygen atoms in total. The number of hydrogen-bond acceptors (Lipinski definition) is 5. The second-order valence-electron chi connectivity index (χ2n) is 6.36. The van der Waals surface area contributed by atoms with Gasteiger partial charge in [-0.15, -0.1) is 11.3 Å². The second-order valence-corrected chi connectivity index (χ2v) is 7.21. The number of rotatable bonds is 6. The first-order valence-electron chi connectivity index (χ1n) is 8.35. The van der Waals surface area contributed by atoms with Gasteiger partial charge >= 0.3 is 5.97 Å². The van der Waals surface area contributed by atoms with Gasteiger partial charge in [-0.25, -0.2) is 9.78 Å². The quantitative estimate of drug-likeness (QED) is 0.500. The maximum absolute atomic E-state index is 12.0. The van der Waals surface area contributed by atoms with E-state index in [-0.39, 0.29) is 18.1 Å². The first-order valence-corrected chi connectivity index (χ1v) is 9.23. The van der Waals surface area contributed by atoms with Crippen LogP contribution in [-0.4, -0.2) is 21.7 Å². The van der Waals surface area contributed by atoms with Crippen molar-refractivity contribution in [2.24, 2.45) is 0 Å². The van der Waals surface area contributed by atoms with E-state index in [4.69, 9.17) is 4.74 Å². The molecule has 0 fully saturated rings. The van der Waals surface area contributed by atoms with Gasteiger partial charge in [-0.05, 0) is 24.5 Å². The maximum atomic E-state index is 12.0. The molecule has 3 rings (SSSR count). The molecule has 1 aromatic carbocycles. The predicted octanol–water partition coefficient (Wildman–Crippen LogP) is 4.82. The molecule has 2 aromatic heterocycles. The maximum Gasteiger partial charge on any atom is 0.355 e. The summed E-state index contributed by atoms with van der Waals surface area (Å²) < 4.78 is 5.27. The SMILES string of the molecule is CC(=O)c1c[nH]c(C(=O)OCc2csc(-c3ccc(C(C)C)cc3)n2)c1. The molecule has 0 saturated heterocycles. The third kappa shape index (κ3) is 4.08. The van der Waals surface area contributed by atoms with Gasteiger partial charge in [0.1, 0.15) is 17.3 Å². The molecular weight excluding hydrogens is 348 g/mol. The van der Waals surface area contributed by atoms with Gasteiger partial charge in [0, 0.05) is 22.7 Å². The van der Waals surface area contributed by atoms with Crippen LogP contribution >= 0.6 is 11.3 Å². The van der Waals surface area contributed by atoms with Gasteiger partial charge in [0.2, 0.25) is 0 Å². The van der Waals surface area contributed by atoms with Crippen molar-refractivity contribution in [3.63, 3.8) is 0 Å². The monoisotopic (exact) mass is 368 g/mol. The molecule has 0 aliphatic rings. The fourth-order valence-electron chi connectivity index (χ4n) is 2.45. The first-order chi connectivity index (χ1) is 12.4. The molecule has 0 atom stereocenters. The number of Topliss-reactive ketones (excluding diaryl/α,β-unsaturated/α-hetero) is 1. The highest BCUT2D eigenvalue weighted by molar-refractivity contribution is 7.13. The van der Waals surface area contributed by atoms with E-state index in [1.54, 1.807) is 0 Å². The van der Waals surface area contributed by atoms with Crippen LogP contribution in [0.25, 0.3) is 10.6 Å². The molecule has 6 heteroatoms. The average molecular weight is 368 g/mol. The molecule has 0 aliphatic heterocycles. The van der Waals surface area contributed by atoms with Crippen LogP contribution < -0.4 is 0 Å². The number of thiazole rings is 1. The van der Waals surface area contributed by atoms with Crippen molar-refractivity contribution in [1.29, 1.82) is 0 Å². The predicted molar refractivity (Wildman–Crippen MR) is 102 cm³/mol. The Morgan fingerprint density at radius 2 is 1.96 bits per heavy atom. The number of esters is 1. The minimum absolute atomic E-state index is 0.0911. The molecular formula is C20H20N2O3S. The molecule has 0 aliphatic carbocycles. The van der Waals surface area contributed by atoms with E-state index in [1.165, 1.54) is 36.1 Å². The lowest BCUT2D eigenvalue weighted by molar-refractivity contribution is 0.0462. The minimum Gasteiger partial charge on any atom is -0.454 e.